The number of nitro groups is 1. The molecular formula is C18H26N2O5S2. The number of nitrogens with zero attached hydrogens (tertiary/aromatic N) is 2. The predicted molar refractivity (Wildman–Crippen MR) is 110 cm³/mol. The molecule has 1 aliphatic rings. The number of nitro benzene ring substituents is 1. The first-order valence-corrected chi connectivity index (χ1v) is 11.0. The highest BCUT2D eigenvalue weighted by Gasteiger charge is 2.38. The van der Waals surface area contributed by atoms with Crippen molar-refractivity contribution < 1.29 is 19.2 Å². The second kappa shape index (κ2) is 10.1. The predicted octanol–water partition coefficient (Wildman–Crippen LogP) is 4.05. The van der Waals surface area contributed by atoms with Crippen molar-refractivity contribution in [2.75, 3.05) is 32.3 Å². The van der Waals surface area contributed by atoms with E-state index in [1.54, 1.807) is 4.90 Å². The normalized spacial score (nSPS) is 16.6. The van der Waals surface area contributed by atoms with E-state index in [-0.39, 0.29) is 33.5 Å². The van der Waals surface area contributed by atoms with Gasteiger partial charge in [0.15, 0.2) is 11.5 Å². The molecule has 27 heavy (non-hydrogen) atoms. The molecule has 0 aromatic heterocycles. The van der Waals surface area contributed by atoms with Crippen LogP contribution < -0.4 is 9.47 Å². The van der Waals surface area contributed by atoms with E-state index < -0.39 is 4.92 Å². The van der Waals surface area contributed by atoms with Gasteiger partial charge in [-0.05, 0) is 24.3 Å². The van der Waals surface area contributed by atoms with Crippen molar-refractivity contribution in [1.82, 2.24) is 4.90 Å². The lowest BCUT2D eigenvalue weighted by atomic mass is 10.1. The van der Waals surface area contributed by atoms with Gasteiger partial charge in [0.25, 0.3) is 11.6 Å². The molecule has 1 aromatic carbocycles. The lowest BCUT2D eigenvalue weighted by Gasteiger charge is -2.31. The zero-order valence-electron chi connectivity index (χ0n) is 16.1. The summed E-state index contributed by atoms with van der Waals surface area (Å²) in [6, 6.07) is 2.75. The van der Waals surface area contributed by atoms with E-state index in [1.165, 1.54) is 26.4 Å². The van der Waals surface area contributed by atoms with E-state index in [0.717, 1.165) is 24.3 Å². The van der Waals surface area contributed by atoms with Gasteiger partial charge in [-0.15, -0.1) is 23.5 Å². The number of hydrogen-bond donors (Lipinski definition) is 0. The first-order chi connectivity index (χ1) is 13.0. The first kappa shape index (κ1) is 21.7. The van der Waals surface area contributed by atoms with Crippen molar-refractivity contribution in [1.29, 1.82) is 0 Å². The Hall–Kier alpha value is -1.61. The molecular weight excluding hydrogens is 388 g/mol. The number of carbonyl (C=O) groups excluding carboxylic acids is 1. The molecule has 1 aromatic rings. The van der Waals surface area contributed by atoms with E-state index >= 15 is 0 Å². The maximum Gasteiger partial charge on any atom is 0.286 e. The van der Waals surface area contributed by atoms with Crippen molar-refractivity contribution in [3.05, 3.63) is 27.8 Å². The summed E-state index contributed by atoms with van der Waals surface area (Å²) in [5.41, 5.74) is -0.211. The van der Waals surface area contributed by atoms with E-state index in [1.807, 2.05) is 23.5 Å². The van der Waals surface area contributed by atoms with Crippen molar-refractivity contribution in [3.63, 3.8) is 0 Å². The second-order valence-corrected chi connectivity index (χ2v) is 9.10. The standard InChI is InChI=1S/C18H26N2O5S2/c1-5-26-18(27-6-2)13-8-7-9-19(13)17(21)12-10-15(24-3)16(25-4)11-14(12)20(22)23/h10-11,13,18H,5-9H2,1-4H3/t13-/m0/s1. The van der Waals surface area contributed by atoms with Crippen molar-refractivity contribution >= 4 is 35.1 Å². The number of hydrogen-bond acceptors (Lipinski definition) is 7. The molecule has 0 spiro atoms. The SMILES string of the molecule is CCSC(SCC)[C@@H]1CCCN1C(=O)c1cc(OC)c(OC)cc1[N+](=O)[O-]. The molecule has 1 heterocycles. The molecule has 0 aliphatic carbocycles. The third kappa shape index (κ3) is 4.82. The maximum atomic E-state index is 13.3. The van der Waals surface area contributed by atoms with Crippen molar-refractivity contribution in [2.24, 2.45) is 0 Å². The van der Waals surface area contributed by atoms with Gasteiger partial charge >= 0.3 is 0 Å². The summed E-state index contributed by atoms with van der Waals surface area (Å²) in [6.45, 7) is 4.82. The molecule has 0 saturated carbocycles. The molecule has 1 amide bonds. The van der Waals surface area contributed by atoms with Crippen molar-refractivity contribution in [2.45, 2.75) is 37.3 Å². The van der Waals surface area contributed by atoms with Crippen LogP contribution in [0.3, 0.4) is 0 Å². The van der Waals surface area contributed by atoms with Gasteiger partial charge in [-0.1, -0.05) is 13.8 Å². The fourth-order valence-corrected chi connectivity index (χ4v) is 6.14. The van der Waals surface area contributed by atoms with Gasteiger partial charge in [-0.25, -0.2) is 0 Å². The molecule has 1 fully saturated rings. The Morgan fingerprint density at radius 1 is 1.26 bits per heavy atom. The highest BCUT2D eigenvalue weighted by Crippen LogP contribution is 2.39. The summed E-state index contributed by atoms with van der Waals surface area (Å²) < 4.78 is 10.7. The van der Waals surface area contributed by atoms with Crippen LogP contribution in [-0.2, 0) is 0 Å². The summed E-state index contributed by atoms with van der Waals surface area (Å²) >= 11 is 3.66. The number of ether oxygens (including phenoxy) is 2. The topological polar surface area (TPSA) is 81.9 Å². The molecule has 1 saturated heterocycles. The van der Waals surface area contributed by atoms with Crippen LogP contribution in [0.15, 0.2) is 12.1 Å². The van der Waals surface area contributed by atoms with Crippen LogP contribution in [0.25, 0.3) is 0 Å². The average Bonchev–Trinajstić information content (AvgIpc) is 3.15. The lowest BCUT2D eigenvalue weighted by Crippen LogP contribution is -2.41. The fraction of sp³-hybridized carbons (Fsp3) is 0.611. The first-order valence-electron chi connectivity index (χ1n) is 8.92. The Labute approximate surface area is 168 Å². The minimum Gasteiger partial charge on any atom is -0.493 e. The average molecular weight is 415 g/mol. The van der Waals surface area contributed by atoms with Crippen LogP contribution in [0.1, 0.15) is 37.0 Å². The van der Waals surface area contributed by atoms with Crippen LogP contribution in [0.4, 0.5) is 5.69 Å². The van der Waals surface area contributed by atoms with E-state index in [0.29, 0.717) is 12.3 Å². The Balaban J connectivity index is 2.41. The van der Waals surface area contributed by atoms with Gasteiger partial charge in [0.05, 0.1) is 35.8 Å². The summed E-state index contributed by atoms with van der Waals surface area (Å²) in [7, 11) is 2.86. The number of thioether (sulfide) groups is 2. The molecule has 1 atom stereocenters. The zero-order chi connectivity index (χ0) is 20.0. The molecule has 150 valence electrons. The van der Waals surface area contributed by atoms with Crippen LogP contribution in [0.5, 0.6) is 11.5 Å². The third-order valence-corrected chi connectivity index (χ3v) is 7.23. The highest BCUT2D eigenvalue weighted by atomic mass is 32.2. The molecule has 0 N–H and O–H groups in total. The highest BCUT2D eigenvalue weighted by molar-refractivity contribution is 8.17. The van der Waals surface area contributed by atoms with Gasteiger partial charge < -0.3 is 14.4 Å². The van der Waals surface area contributed by atoms with Crippen LogP contribution in [-0.4, -0.2) is 58.6 Å². The molecule has 0 radical (unpaired) electrons. The summed E-state index contributed by atoms with van der Waals surface area (Å²) in [5, 5.41) is 11.6. The molecule has 7 nitrogen and oxygen atoms in total. The second-order valence-electron chi connectivity index (χ2n) is 5.97. The molecule has 1 aliphatic heterocycles. The Morgan fingerprint density at radius 3 is 2.37 bits per heavy atom. The Morgan fingerprint density at radius 2 is 1.85 bits per heavy atom. The van der Waals surface area contributed by atoms with Crippen LogP contribution >= 0.6 is 23.5 Å². The molecule has 9 heteroatoms. The van der Waals surface area contributed by atoms with Gasteiger partial charge in [0.1, 0.15) is 5.56 Å². The summed E-state index contributed by atoms with van der Waals surface area (Å²) in [5.74, 6) is 2.16. The van der Waals surface area contributed by atoms with Gasteiger partial charge in [-0.3, -0.25) is 14.9 Å². The lowest BCUT2D eigenvalue weighted by molar-refractivity contribution is -0.385. The quantitative estimate of drug-likeness (QED) is 0.342. The Kier molecular flexibility index (Phi) is 8.09. The van der Waals surface area contributed by atoms with Gasteiger partial charge in [-0.2, -0.15) is 0 Å². The Bertz CT molecular complexity index is 680. The minimum atomic E-state index is -0.542. The van der Waals surface area contributed by atoms with Crippen molar-refractivity contribution in [3.8, 4) is 11.5 Å². The number of benzene rings is 1. The monoisotopic (exact) mass is 414 g/mol. The smallest absolute Gasteiger partial charge is 0.286 e. The molecule has 2 rings (SSSR count). The van der Waals surface area contributed by atoms with Gasteiger partial charge in [0.2, 0.25) is 0 Å². The number of rotatable bonds is 9. The number of amides is 1. The van der Waals surface area contributed by atoms with Gasteiger partial charge in [0, 0.05) is 12.6 Å². The van der Waals surface area contributed by atoms with E-state index in [4.69, 9.17) is 9.47 Å². The third-order valence-electron chi connectivity index (χ3n) is 4.47. The van der Waals surface area contributed by atoms with Crippen LogP contribution in [0.2, 0.25) is 0 Å². The number of likely N-dealkylation sites (tertiary alicyclic amines) is 1. The minimum absolute atomic E-state index is 0.0475. The maximum absolute atomic E-state index is 13.3. The summed E-state index contributed by atoms with van der Waals surface area (Å²) in [6.07, 6.45) is 1.82. The number of carbonyl (C=O) groups is 1. The fourth-order valence-electron chi connectivity index (χ4n) is 3.27. The molecule has 0 unspecified atom stereocenters. The largest absolute Gasteiger partial charge is 0.493 e. The molecule has 0 bridgehead atoms. The summed E-state index contributed by atoms with van der Waals surface area (Å²) in [4.78, 5) is 26.1. The number of methoxy groups -OCH3 is 2. The van der Waals surface area contributed by atoms with Crippen LogP contribution in [0, 0.1) is 10.1 Å². The van der Waals surface area contributed by atoms with E-state index in [2.05, 4.69) is 13.8 Å². The van der Waals surface area contributed by atoms with E-state index in [9.17, 15) is 14.9 Å². The zero-order valence-corrected chi connectivity index (χ0v) is 17.7.